The minimum atomic E-state index is -4.84. The number of rotatable bonds is 14. The van der Waals surface area contributed by atoms with Crippen molar-refractivity contribution in [2.24, 2.45) is 13.0 Å². The van der Waals surface area contributed by atoms with E-state index in [1.54, 1.807) is 12.1 Å². The second kappa shape index (κ2) is 21.5. The number of thiazole rings is 1. The van der Waals surface area contributed by atoms with Gasteiger partial charge in [0.15, 0.2) is 10.6 Å². The molecule has 4 N–H and O–H groups in total. The Balaban J connectivity index is 0.655. The third-order valence-corrected chi connectivity index (χ3v) is 17.3. The first-order valence-electron chi connectivity index (χ1n) is 26.1. The van der Waals surface area contributed by atoms with Gasteiger partial charge in [-0.05, 0) is 148 Å². The molecule has 2 saturated heterocycles. The number of unbranched alkanes of at least 4 members (excludes halogenated alkanes) is 1. The molecule has 388 valence electrons. The molecule has 3 aliphatic heterocycles. The monoisotopic (exact) mass is 1050 g/mol. The Kier molecular flexibility index (Phi) is 14.4. The Hall–Kier alpha value is -6.75. The molecule has 3 fully saturated rings. The van der Waals surface area contributed by atoms with Crippen molar-refractivity contribution in [2.45, 2.75) is 83.3 Å². The number of nitrogens with one attached hydrogen (secondary N) is 2. The standard InChI is InChI=1S/C57H62N9O7PS/c1-36-41(43-23-25-51(59-56(43)74(70,71)72)66-29-27-38-11-8-13-42(46(38)35-66)54(68)61-57-58-47-14-5-6-16-50(47)75-57)12-9-15-49(36)73-40-20-17-37(18-21-40)10-4-3-7-28-64-30-32-65(33-31-64)39-19-22-44-48(34-39)63(2)62-53(44)45-24-26-52(67)60-55(45)69/h4-6,8-16,19,22-23,25,34,37,40,45H,3,7,17-18,20-21,24,26-33,35H2,1-2H3,(H,58,61,68)(H,60,67,69)(H2,70,71,72)/b10-4+. The summed E-state index contributed by atoms with van der Waals surface area (Å²) in [6, 6.07) is 29.1. The van der Waals surface area contributed by atoms with Crippen molar-refractivity contribution in [3.63, 3.8) is 0 Å². The van der Waals surface area contributed by atoms with Crippen LogP contribution in [-0.4, -0.2) is 97.5 Å². The number of para-hydroxylation sites is 1. The van der Waals surface area contributed by atoms with Gasteiger partial charge in [-0.1, -0.05) is 59.9 Å². The topological polar surface area (TPSA) is 195 Å². The van der Waals surface area contributed by atoms with E-state index in [0.717, 1.165) is 120 Å². The molecule has 3 aromatic heterocycles. The molecule has 18 heteroatoms. The molecule has 11 rings (SSSR count). The summed E-state index contributed by atoms with van der Waals surface area (Å²) in [7, 11) is -2.93. The highest BCUT2D eigenvalue weighted by molar-refractivity contribution is 7.60. The van der Waals surface area contributed by atoms with Crippen LogP contribution < -0.4 is 30.6 Å². The van der Waals surface area contributed by atoms with E-state index in [0.29, 0.717) is 71.7 Å². The number of anilines is 3. The van der Waals surface area contributed by atoms with Gasteiger partial charge in [0.1, 0.15) is 11.6 Å². The number of piperidine rings is 1. The van der Waals surface area contributed by atoms with Crippen molar-refractivity contribution < 1.29 is 33.5 Å². The minimum absolute atomic E-state index is 0.0422. The maximum Gasteiger partial charge on any atom is 0.375 e. The van der Waals surface area contributed by atoms with Crippen LogP contribution in [0.15, 0.2) is 103 Å². The molecule has 0 spiro atoms. The molecule has 1 saturated carbocycles. The zero-order chi connectivity index (χ0) is 51.8. The maximum absolute atomic E-state index is 13.7. The molecule has 4 aliphatic rings. The first-order valence-corrected chi connectivity index (χ1v) is 28.6. The van der Waals surface area contributed by atoms with Crippen molar-refractivity contribution in [1.29, 1.82) is 0 Å². The molecular formula is C57H62N9O7PS. The number of ether oxygens (including phenoxy) is 1. The van der Waals surface area contributed by atoms with Gasteiger partial charge in [0.25, 0.3) is 5.91 Å². The van der Waals surface area contributed by atoms with Gasteiger partial charge in [-0.3, -0.25) is 39.2 Å². The number of imide groups is 1. The van der Waals surface area contributed by atoms with E-state index in [1.165, 1.54) is 11.3 Å². The fourth-order valence-corrected chi connectivity index (χ4v) is 13.0. The Bertz CT molecular complexity index is 3360. The minimum Gasteiger partial charge on any atom is -0.490 e. The second-order valence-electron chi connectivity index (χ2n) is 20.3. The van der Waals surface area contributed by atoms with Crippen LogP contribution in [0.2, 0.25) is 0 Å². The number of pyridine rings is 1. The van der Waals surface area contributed by atoms with E-state index < -0.39 is 13.5 Å². The molecule has 1 unspecified atom stereocenters. The summed E-state index contributed by atoms with van der Waals surface area (Å²) in [6.45, 7) is 7.80. The number of aromatic nitrogens is 4. The number of allylic oxidation sites excluding steroid dienone is 2. The van der Waals surface area contributed by atoms with E-state index in [-0.39, 0.29) is 29.3 Å². The zero-order valence-electron chi connectivity index (χ0n) is 42.3. The average molecular weight is 1050 g/mol. The van der Waals surface area contributed by atoms with Crippen LogP contribution in [0, 0.1) is 12.8 Å². The van der Waals surface area contributed by atoms with Gasteiger partial charge in [-0.15, -0.1) is 0 Å². The van der Waals surface area contributed by atoms with Gasteiger partial charge in [0, 0.05) is 74.9 Å². The smallest absolute Gasteiger partial charge is 0.375 e. The molecule has 6 heterocycles. The quantitative estimate of drug-likeness (QED) is 0.0350. The summed E-state index contributed by atoms with van der Waals surface area (Å²) in [4.78, 5) is 75.7. The number of amides is 3. The van der Waals surface area contributed by atoms with Crippen LogP contribution in [-0.2, 0) is 34.2 Å². The first kappa shape index (κ1) is 50.4. The van der Waals surface area contributed by atoms with E-state index >= 15 is 0 Å². The summed E-state index contributed by atoms with van der Waals surface area (Å²) in [5.74, 6) is 0.483. The molecule has 7 aromatic rings. The van der Waals surface area contributed by atoms with Crippen molar-refractivity contribution in [2.75, 3.05) is 54.4 Å². The number of piperazine rings is 1. The largest absolute Gasteiger partial charge is 0.490 e. The Labute approximate surface area is 440 Å². The zero-order valence-corrected chi connectivity index (χ0v) is 44.0. The number of fused-ring (bicyclic) bond motifs is 3. The summed E-state index contributed by atoms with van der Waals surface area (Å²) < 4.78 is 22.7. The molecule has 4 aromatic carbocycles. The van der Waals surface area contributed by atoms with Crippen LogP contribution in [0.25, 0.3) is 32.2 Å². The highest BCUT2D eigenvalue weighted by atomic mass is 32.1. The van der Waals surface area contributed by atoms with Gasteiger partial charge in [-0.25, -0.2) is 9.97 Å². The molecule has 1 atom stereocenters. The molecule has 75 heavy (non-hydrogen) atoms. The Morgan fingerprint density at radius 2 is 1.69 bits per heavy atom. The average Bonchev–Trinajstić information content (AvgIpc) is 3.98. The highest BCUT2D eigenvalue weighted by Crippen LogP contribution is 2.42. The molecular weight excluding hydrogens is 986 g/mol. The Morgan fingerprint density at radius 1 is 0.880 bits per heavy atom. The number of hydrogen-bond donors (Lipinski definition) is 4. The summed E-state index contributed by atoms with van der Waals surface area (Å²) in [5, 5.41) is 11.6. The van der Waals surface area contributed by atoms with Gasteiger partial charge >= 0.3 is 7.60 Å². The van der Waals surface area contributed by atoms with Crippen LogP contribution in [0.1, 0.15) is 90.0 Å². The first-order chi connectivity index (χ1) is 36.3. The third kappa shape index (κ3) is 10.9. The van der Waals surface area contributed by atoms with Crippen LogP contribution in [0.5, 0.6) is 5.75 Å². The van der Waals surface area contributed by atoms with Gasteiger partial charge in [-0.2, -0.15) is 5.10 Å². The maximum atomic E-state index is 13.7. The summed E-state index contributed by atoms with van der Waals surface area (Å²) in [5.41, 5.74) is 7.67. The number of carbonyl (C=O) groups is 3. The lowest BCUT2D eigenvalue weighted by Gasteiger charge is -2.36. The van der Waals surface area contributed by atoms with Crippen LogP contribution in [0.3, 0.4) is 0 Å². The van der Waals surface area contributed by atoms with Crippen molar-refractivity contribution in [3.8, 4) is 16.9 Å². The summed E-state index contributed by atoms with van der Waals surface area (Å²) >= 11 is 1.42. The number of carbonyl (C=O) groups excluding carboxylic acids is 3. The van der Waals surface area contributed by atoms with Gasteiger partial charge in [0.2, 0.25) is 11.8 Å². The second-order valence-corrected chi connectivity index (χ2v) is 22.9. The fraction of sp³-hybridized carbons (Fsp3) is 0.368. The summed E-state index contributed by atoms with van der Waals surface area (Å²) in [6.07, 6.45) is 12.3. The number of hydrogen-bond acceptors (Lipinski definition) is 12. The number of benzene rings is 4. The van der Waals surface area contributed by atoms with Crippen molar-refractivity contribution in [3.05, 3.63) is 131 Å². The van der Waals surface area contributed by atoms with Gasteiger partial charge < -0.3 is 24.3 Å². The molecule has 0 radical (unpaired) electrons. The third-order valence-electron chi connectivity index (χ3n) is 15.5. The number of nitrogens with zero attached hydrogens (tertiary/aromatic N) is 7. The lowest BCUT2D eigenvalue weighted by atomic mass is 9.87. The predicted octanol–water partition coefficient (Wildman–Crippen LogP) is 8.79. The predicted molar refractivity (Wildman–Crippen MR) is 294 cm³/mol. The van der Waals surface area contributed by atoms with Crippen LogP contribution in [0.4, 0.5) is 16.6 Å². The van der Waals surface area contributed by atoms with E-state index in [1.807, 2.05) is 84.2 Å². The van der Waals surface area contributed by atoms with Crippen molar-refractivity contribution >= 4 is 79.8 Å². The van der Waals surface area contributed by atoms with Crippen molar-refractivity contribution in [1.82, 2.24) is 30.0 Å². The normalized spacial score (nSPS) is 19.7. The number of aryl methyl sites for hydroxylation is 1. The lowest BCUT2D eigenvalue weighted by Crippen LogP contribution is -2.46. The molecule has 0 bridgehead atoms. The lowest BCUT2D eigenvalue weighted by molar-refractivity contribution is -0.134. The van der Waals surface area contributed by atoms with E-state index in [9.17, 15) is 28.7 Å². The van der Waals surface area contributed by atoms with Gasteiger partial charge in [0.05, 0.1) is 33.4 Å². The Morgan fingerprint density at radius 3 is 2.49 bits per heavy atom. The van der Waals surface area contributed by atoms with E-state index in [4.69, 9.17) is 9.84 Å². The highest BCUT2D eigenvalue weighted by Gasteiger charge is 2.33. The molecule has 3 amide bonds. The SMILES string of the molecule is Cc1c(OC2CCC(/C=C/CCCN3CCN(c4ccc5c(C6CCC(=O)NC6=O)nn(C)c5c4)CC3)CC2)cccc1-c1ccc(N2CCc3cccc(C(=O)Nc4nc5ccccc5s4)c3C2)nc1P(=O)(O)O. The van der Waals surface area contributed by atoms with E-state index in [2.05, 4.69) is 60.8 Å². The van der Waals surface area contributed by atoms with Crippen LogP contribution >= 0.6 is 18.9 Å². The molecule has 16 nitrogen and oxygen atoms in total. The molecule has 1 aliphatic carbocycles. The fourth-order valence-electron chi connectivity index (χ4n) is 11.4.